The fourth-order valence-electron chi connectivity index (χ4n) is 1.36. The van der Waals surface area contributed by atoms with Crippen LogP contribution in [0.1, 0.15) is 0 Å². The van der Waals surface area contributed by atoms with Crippen LogP contribution in [0.25, 0.3) is 0 Å². The van der Waals surface area contributed by atoms with Gasteiger partial charge in [-0.2, -0.15) is 0 Å². The zero-order valence-corrected chi connectivity index (χ0v) is 13.6. The van der Waals surface area contributed by atoms with Crippen molar-refractivity contribution in [3.63, 3.8) is 0 Å². The minimum absolute atomic E-state index is 0.00792. The number of halogens is 2. The van der Waals surface area contributed by atoms with Gasteiger partial charge in [-0.05, 0) is 13.1 Å². The Hall–Kier alpha value is -0.440. The average molecular weight is 342 g/mol. The van der Waals surface area contributed by atoms with Crippen LogP contribution in [0, 0.1) is 0 Å². The Kier molecular flexibility index (Phi) is 7.14. The van der Waals surface area contributed by atoms with E-state index in [0.717, 1.165) is 6.54 Å². The molecule has 0 amide bonds. The molecule has 0 atom stereocenters. The summed E-state index contributed by atoms with van der Waals surface area (Å²) in [5, 5.41) is 0.177. The summed E-state index contributed by atoms with van der Waals surface area (Å²) >= 11 is 11.4. The van der Waals surface area contributed by atoms with Crippen LogP contribution in [0.3, 0.4) is 0 Å². The molecule has 20 heavy (non-hydrogen) atoms. The Morgan fingerprint density at radius 1 is 1.40 bits per heavy atom. The number of nitrogens with zero attached hydrogens (tertiary/aromatic N) is 2. The van der Waals surface area contributed by atoms with E-state index in [2.05, 4.69) is 9.71 Å². The molecule has 114 valence electrons. The van der Waals surface area contributed by atoms with E-state index in [1.54, 1.807) is 7.11 Å². The molecule has 0 aliphatic carbocycles. The quantitative estimate of drug-likeness (QED) is 0.720. The maximum absolute atomic E-state index is 12.0. The number of likely N-dealkylation sites (N-methyl/N-ethyl adjacent to an activating group) is 1. The van der Waals surface area contributed by atoms with E-state index in [0.29, 0.717) is 13.2 Å². The maximum atomic E-state index is 12.0. The zero-order chi connectivity index (χ0) is 15.2. The van der Waals surface area contributed by atoms with Crippen molar-refractivity contribution < 1.29 is 13.2 Å². The highest BCUT2D eigenvalue weighted by Gasteiger charge is 2.15. The van der Waals surface area contributed by atoms with Gasteiger partial charge in [-0.1, -0.05) is 23.2 Å². The molecule has 9 heteroatoms. The largest absolute Gasteiger partial charge is 0.383 e. The summed E-state index contributed by atoms with van der Waals surface area (Å²) in [7, 11) is -0.127. The lowest BCUT2D eigenvalue weighted by atomic mass is 10.5. The first-order valence-electron chi connectivity index (χ1n) is 5.85. The van der Waals surface area contributed by atoms with Crippen LogP contribution >= 0.6 is 23.2 Å². The van der Waals surface area contributed by atoms with E-state index in [-0.39, 0.29) is 21.6 Å². The molecular weight excluding hydrogens is 325 g/mol. The first kappa shape index (κ1) is 17.6. The normalized spacial score (nSPS) is 12.1. The molecule has 0 fully saturated rings. The van der Waals surface area contributed by atoms with Crippen LogP contribution in [0.4, 0.5) is 0 Å². The van der Waals surface area contributed by atoms with E-state index < -0.39 is 10.0 Å². The zero-order valence-electron chi connectivity index (χ0n) is 11.3. The summed E-state index contributed by atoms with van der Waals surface area (Å²) in [5.41, 5.74) is 0. The van der Waals surface area contributed by atoms with Crippen molar-refractivity contribution in [1.29, 1.82) is 0 Å². The number of rotatable bonds is 8. The third-order valence-electron chi connectivity index (χ3n) is 2.54. The molecule has 1 aromatic heterocycles. The molecule has 0 radical (unpaired) electrons. The van der Waals surface area contributed by atoms with E-state index in [4.69, 9.17) is 27.9 Å². The van der Waals surface area contributed by atoms with Crippen molar-refractivity contribution in [2.75, 3.05) is 40.4 Å². The fraction of sp³-hybridized carbons (Fsp3) is 0.545. The minimum atomic E-state index is -3.63. The standard InChI is InChI=1S/C11H17Cl2N3O3S/c1-16(5-6-19-2)4-3-15-20(17,18)9-7-10(12)11(13)14-8-9/h7-8,15H,3-6H2,1-2H3. The number of hydrogen-bond donors (Lipinski definition) is 1. The first-order chi connectivity index (χ1) is 9.36. The monoisotopic (exact) mass is 341 g/mol. The number of pyridine rings is 1. The van der Waals surface area contributed by atoms with Gasteiger partial charge in [0.1, 0.15) is 10.0 Å². The molecule has 0 aliphatic rings. The highest BCUT2D eigenvalue weighted by molar-refractivity contribution is 7.89. The third-order valence-corrected chi connectivity index (χ3v) is 4.66. The van der Waals surface area contributed by atoms with E-state index in [1.807, 2.05) is 11.9 Å². The molecular formula is C11H17Cl2N3O3S. The molecule has 1 rings (SSSR count). The number of ether oxygens (including phenoxy) is 1. The summed E-state index contributed by atoms with van der Waals surface area (Å²) in [6.45, 7) is 2.17. The second kappa shape index (κ2) is 8.11. The Morgan fingerprint density at radius 3 is 2.70 bits per heavy atom. The lowest BCUT2D eigenvalue weighted by Gasteiger charge is -2.16. The van der Waals surface area contributed by atoms with Crippen LogP contribution in [0.2, 0.25) is 10.2 Å². The van der Waals surface area contributed by atoms with Crippen LogP contribution in [-0.2, 0) is 14.8 Å². The molecule has 0 spiro atoms. The van der Waals surface area contributed by atoms with E-state index in [9.17, 15) is 8.42 Å². The van der Waals surface area contributed by atoms with Gasteiger partial charge < -0.3 is 9.64 Å². The predicted octanol–water partition coefficient (Wildman–Crippen LogP) is 1.24. The van der Waals surface area contributed by atoms with Crippen LogP contribution in [-0.4, -0.2) is 58.7 Å². The lowest BCUT2D eigenvalue weighted by Crippen LogP contribution is -2.34. The van der Waals surface area contributed by atoms with Gasteiger partial charge in [0.05, 0.1) is 11.6 Å². The molecule has 6 nitrogen and oxygen atoms in total. The predicted molar refractivity (Wildman–Crippen MR) is 78.8 cm³/mol. The van der Waals surface area contributed by atoms with Gasteiger partial charge in [-0.3, -0.25) is 0 Å². The Labute approximate surface area is 129 Å². The van der Waals surface area contributed by atoms with Crippen molar-refractivity contribution in [1.82, 2.24) is 14.6 Å². The summed E-state index contributed by atoms with van der Waals surface area (Å²) in [4.78, 5) is 5.67. The molecule has 1 N–H and O–H groups in total. The summed E-state index contributed by atoms with van der Waals surface area (Å²) < 4.78 is 31.4. The smallest absolute Gasteiger partial charge is 0.242 e. The number of sulfonamides is 1. The molecule has 0 saturated heterocycles. The van der Waals surface area contributed by atoms with Gasteiger partial charge in [-0.15, -0.1) is 0 Å². The number of aromatic nitrogens is 1. The maximum Gasteiger partial charge on any atom is 0.242 e. The molecule has 0 saturated carbocycles. The van der Waals surface area contributed by atoms with E-state index >= 15 is 0 Å². The van der Waals surface area contributed by atoms with Gasteiger partial charge in [0.2, 0.25) is 10.0 Å². The molecule has 1 aromatic rings. The molecule has 0 bridgehead atoms. The average Bonchev–Trinajstić information content (AvgIpc) is 2.39. The second-order valence-corrected chi connectivity index (χ2v) is 6.67. The number of methoxy groups -OCH3 is 1. The lowest BCUT2D eigenvalue weighted by molar-refractivity contribution is 0.162. The third kappa shape index (κ3) is 5.51. The summed E-state index contributed by atoms with van der Waals surface area (Å²) in [5.74, 6) is 0. The number of hydrogen-bond acceptors (Lipinski definition) is 5. The van der Waals surface area contributed by atoms with Gasteiger partial charge in [0.15, 0.2) is 0 Å². The van der Waals surface area contributed by atoms with Gasteiger partial charge in [-0.25, -0.2) is 18.1 Å². The van der Waals surface area contributed by atoms with Gasteiger partial charge >= 0.3 is 0 Å². The van der Waals surface area contributed by atoms with Crippen molar-refractivity contribution in [2.24, 2.45) is 0 Å². The Morgan fingerprint density at radius 2 is 2.10 bits per heavy atom. The van der Waals surface area contributed by atoms with Crippen LogP contribution < -0.4 is 4.72 Å². The van der Waals surface area contributed by atoms with Crippen LogP contribution in [0.15, 0.2) is 17.2 Å². The molecule has 0 aliphatic heterocycles. The van der Waals surface area contributed by atoms with Crippen molar-refractivity contribution in [3.05, 3.63) is 22.4 Å². The van der Waals surface area contributed by atoms with Gasteiger partial charge in [0, 0.05) is 32.9 Å². The highest BCUT2D eigenvalue weighted by Crippen LogP contribution is 2.21. The highest BCUT2D eigenvalue weighted by atomic mass is 35.5. The Bertz CT molecular complexity index is 540. The molecule has 0 unspecified atom stereocenters. The molecule has 1 heterocycles. The first-order valence-corrected chi connectivity index (χ1v) is 8.09. The summed E-state index contributed by atoms with van der Waals surface area (Å²) in [6.07, 6.45) is 1.17. The van der Waals surface area contributed by atoms with E-state index in [1.165, 1.54) is 12.3 Å². The van der Waals surface area contributed by atoms with Crippen molar-refractivity contribution in [3.8, 4) is 0 Å². The van der Waals surface area contributed by atoms with Gasteiger partial charge in [0.25, 0.3) is 0 Å². The SMILES string of the molecule is COCCN(C)CCNS(=O)(=O)c1cnc(Cl)c(Cl)c1. The minimum Gasteiger partial charge on any atom is -0.383 e. The topological polar surface area (TPSA) is 71.5 Å². The fourth-order valence-corrected chi connectivity index (χ4v) is 2.69. The van der Waals surface area contributed by atoms with Crippen LogP contribution in [0.5, 0.6) is 0 Å². The second-order valence-electron chi connectivity index (χ2n) is 4.14. The molecule has 0 aromatic carbocycles. The van der Waals surface area contributed by atoms with Crippen molar-refractivity contribution >= 4 is 33.2 Å². The Balaban J connectivity index is 2.55. The van der Waals surface area contributed by atoms with Crippen molar-refractivity contribution in [2.45, 2.75) is 4.90 Å². The number of nitrogens with one attached hydrogen (secondary N) is 1. The summed E-state index contributed by atoms with van der Waals surface area (Å²) in [6, 6.07) is 1.27.